The van der Waals surface area contributed by atoms with E-state index in [1.54, 1.807) is 6.20 Å². The number of piperidine rings is 1. The van der Waals surface area contributed by atoms with Crippen molar-refractivity contribution in [1.82, 2.24) is 29.4 Å². The Bertz CT molecular complexity index is 1350. The number of rotatable bonds is 7. The molecule has 0 radical (unpaired) electrons. The van der Waals surface area contributed by atoms with E-state index in [1.165, 1.54) is 5.56 Å². The molecule has 0 atom stereocenters. The van der Waals surface area contributed by atoms with Crippen LogP contribution in [0.15, 0.2) is 67.3 Å². The predicted molar refractivity (Wildman–Crippen MR) is 138 cm³/mol. The van der Waals surface area contributed by atoms with Crippen LogP contribution in [-0.2, 0) is 17.8 Å². The predicted octanol–water partition coefficient (Wildman–Crippen LogP) is 3.99. The van der Waals surface area contributed by atoms with Gasteiger partial charge in [-0.2, -0.15) is 5.10 Å². The summed E-state index contributed by atoms with van der Waals surface area (Å²) in [6.45, 7) is 6.10. The van der Waals surface area contributed by atoms with Gasteiger partial charge in [-0.1, -0.05) is 12.1 Å². The summed E-state index contributed by atoms with van der Waals surface area (Å²) in [4.78, 5) is 31.6. The molecule has 3 aromatic heterocycles. The second-order valence-corrected chi connectivity index (χ2v) is 9.75. The molecule has 36 heavy (non-hydrogen) atoms. The van der Waals surface area contributed by atoms with E-state index in [2.05, 4.69) is 29.2 Å². The Morgan fingerprint density at radius 1 is 1.03 bits per heavy atom. The van der Waals surface area contributed by atoms with Crippen molar-refractivity contribution >= 4 is 17.5 Å². The Kier molecular flexibility index (Phi) is 6.84. The molecule has 5 rings (SSSR count). The highest BCUT2D eigenvalue weighted by atomic mass is 16.2. The van der Waals surface area contributed by atoms with Gasteiger partial charge in [0, 0.05) is 56.0 Å². The molecule has 1 fully saturated rings. The summed E-state index contributed by atoms with van der Waals surface area (Å²) in [6, 6.07) is 14.1. The van der Waals surface area contributed by atoms with E-state index in [4.69, 9.17) is 0 Å². The fourth-order valence-corrected chi connectivity index (χ4v) is 4.74. The lowest BCUT2D eigenvalue weighted by atomic mass is 9.89. The molecule has 0 saturated carbocycles. The number of amides is 2. The second kappa shape index (κ2) is 10.4. The number of aromatic nitrogens is 4. The van der Waals surface area contributed by atoms with Crippen LogP contribution in [0.2, 0.25) is 0 Å². The Morgan fingerprint density at radius 3 is 2.53 bits per heavy atom. The molecule has 0 spiro atoms. The molecule has 2 amide bonds. The zero-order valence-corrected chi connectivity index (χ0v) is 20.8. The van der Waals surface area contributed by atoms with Gasteiger partial charge in [0.15, 0.2) is 0 Å². The van der Waals surface area contributed by atoms with Gasteiger partial charge in [-0.15, -0.1) is 0 Å². The number of imidazole rings is 1. The monoisotopic (exact) mass is 484 g/mol. The van der Waals surface area contributed by atoms with Gasteiger partial charge in [-0.3, -0.25) is 14.3 Å². The Morgan fingerprint density at radius 2 is 1.81 bits per heavy atom. The minimum Gasteiger partial charge on any atom is -0.348 e. The van der Waals surface area contributed by atoms with Gasteiger partial charge in [-0.25, -0.2) is 4.98 Å². The van der Waals surface area contributed by atoms with Crippen molar-refractivity contribution in [2.24, 2.45) is 0 Å². The molecule has 1 N–H and O–H groups in total. The Labute approximate surface area is 210 Å². The summed E-state index contributed by atoms with van der Waals surface area (Å²) in [5, 5.41) is 7.49. The SMILES string of the molecule is CC(C)n1ccc(CC(=O)N2CCC(c3ccc(C(=O)NCc4ccn5ccnc5c4)cc3)CC2)n1. The zero-order valence-electron chi connectivity index (χ0n) is 20.8. The van der Waals surface area contributed by atoms with Crippen LogP contribution in [0.3, 0.4) is 0 Å². The maximum Gasteiger partial charge on any atom is 0.251 e. The molecule has 1 aliphatic heterocycles. The van der Waals surface area contributed by atoms with E-state index >= 15 is 0 Å². The first kappa shape index (κ1) is 23.8. The summed E-state index contributed by atoms with van der Waals surface area (Å²) in [5.74, 6) is 0.444. The third-order valence-corrected chi connectivity index (χ3v) is 6.93. The largest absolute Gasteiger partial charge is 0.348 e. The number of benzene rings is 1. The third kappa shape index (κ3) is 5.32. The molecule has 186 valence electrons. The van der Waals surface area contributed by atoms with Crippen LogP contribution in [0.4, 0.5) is 0 Å². The normalized spacial score (nSPS) is 14.5. The molecule has 4 aromatic rings. The highest BCUT2D eigenvalue weighted by molar-refractivity contribution is 5.94. The van der Waals surface area contributed by atoms with Crippen molar-refractivity contribution in [3.63, 3.8) is 0 Å². The molecule has 8 nitrogen and oxygen atoms in total. The van der Waals surface area contributed by atoms with E-state index in [1.807, 2.05) is 75.0 Å². The molecular formula is C28H32N6O2. The van der Waals surface area contributed by atoms with Crippen LogP contribution in [0, 0.1) is 0 Å². The zero-order chi connectivity index (χ0) is 25.1. The summed E-state index contributed by atoms with van der Waals surface area (Å²) >= 11 is 0. The van der Waals surface area contributed by atoms with Gasteiger partial charge in [-0.05, 0) is 74.1 Å². The molecule has 1 aromatic carbocycles. The maximum absolute atomic E-state index is 12.8. The Hall–Kier alpha value is -3.94. The van der Waals surface area contributed by atoms with Gasteiger partial charge in [0.2, 0.25) is 5.91 Å². The minimum absolute atomic E-state index is 0.0925. The average molecular weight is 485 g/mol. The van der Waals surface area contributed by atoms with Crippen molar-refractivity contribution in [3.05, 3.63) is 89.6 Å². The van der Waals surface area contributed by atoms with Crippen molar-refractivity contribution in [2.75, 3.05) is 13.1 Å². The van der Waals surface area contributed by atoms with Crippen LogP contribution < -0.4 is 5.32 Å². The van der Waals surface area contributed by atoms with E-state index in [9.17, 15) is 9.59 Å². The van der Waals surface area contributed by atoms with Crippen molar-refractivity contribution in [3.8, 4) is 0 Å². The molecule has 0 bridgehead atoms. The number of carbonyl (C=O) groups excluding carboxylic acids is 2. The second-order valence-electron chi connectivity index (χ2n) is 9.75. The van der Waals surface area contributed by atoms with E-state index in [0.29, 0.717) is 30.5 Å². The third-order valence-electron chi connectivity index (χ3n) is 6.93. The molecular weight excluding hydrogens is 452 g/mol. The Balaban J connectivity index is 1.11. The standard InChI is InChI=1S/C28H32N6O2/c1-20(2)34-15-10-25(31-34)18-27(35)33-13-8-23(9-14-33)22-3-5-24(6-4-22)28(36)30-19-21-7-12-32-16-11-29-26(32)17-21/h3-7,10-12,15-17,20,23H,8-9,13-14,18-19H2,1-2H3,(H,30,36). The lowest BCUT2D eigenvalue weighted by molar-refractivity contribution is -0.131. The summed E-state index contributed by atoms with van der Waals surface area (Å²) in [5.41, 5.74) is 4.56. The van der Waals surface area contributed by atoms with Crippen LogP contribution >= 0.6 is 0 Å². The highest BCUT2D eigenvalue weighted by Gasteiger charge is 2.24. The lowest BCUT2D eigenvalue weighted by Crippen LogP contribution is -2.38. The van der Waals surface area contributed by atoms with Crippen molar-refractivity contribution in [1.29, 1.82) is 0 Å². The number of pyridine rings is 1. The minimum atomic E-state index is -0.0925. The first-order chi connectivity index (χ1) is 17.5. The van der Waals surface area contributed by atoms with Gasteiger partial charge >= 0.3 is 0 Å². The van der Waals surface area contributed by atoms with Crippen LogP contribution in [0.5, 0.6) is 0 Å². The fraction of sp³-hybridized carbons (Fsp3) is 0.357. The van der Waals surface area contributed by atoms with Gasteiger partial charge in [0.05, 0.1) is 12.1 Å². The molecule has 0 unspecified atom stereocenters. The van der Waals surface area contributed by atoms with Gasteiger partial charge in [0.25, 0.3) is 5.91 Å². The van der Waals surface area contributed by atoms with Crippen molar-refractivity contribution < 1.29 is 9.59 Å². The summed E-state index contributed by atoms with van der Waals surface area (Å²) in [6.07, 6.45) is 9.72. The average Bonchev–Trinajstić information content (AvgIpc) is 3.57. The van der Waals surface area contributed by atoms with E-state index < -0.39 is 0 Å². The first-order valence-corrected chi connectivity index (χ1v) is 12.6. The number of likely N-dealkylation sites (tertiary alicyclic amines) is 1. The highest BCUT2D eigenvalue weighted by Crippen LogP contribution is 2.28. The van der Waals surface area contributed by atoms with Crippen LogP contribution in [-0.4, -0.2) is 49.0 Å². The van der Waals surface area contributed by atoms with Crippen LogP contribution in [0.25, 0.3) is 5.65 Å². The summed E-state index contributed by atoms with van der Waals surface area (Å²) < 4.78 is 3.82. The number of carbonyl (C=O) groups is 2. The maximum atomic E-state index is 12.8. The van der Waals surface area contributed by atoms with Gasteiger partial charge in [0.1, 0.15) is 5.65 Å². The number of fused-ring (bicyclic) bond motifs is 1. The number of nitrogens with zero attached hydrogens (tertiary/aromatic N) is 5. The lowest BCUT2D eigenvalue weighted by Gasteiger charge is -2.32. The van der Waals surface area contributed by atoms with E-state index in [-0.39, 0.29) is 11.8 Å². The smallest absolute Gasteiger partial charge is 0.251 e. The molecule has 1 aliphatic rings. The topological polar surface area (TPSA) is 84.5 Å². The summed E-state index contributed by atoms with van der Waals surface area (Å²) in [7, 11) is 0. The number of nitrogens with one attached hydrogen (secondary N) is 1. The molecule has 8 heteroatoms. The number of hydrogen-bond donors (Lipinski definition) is 1. The first-order valence-electron chi connectivity index (χ1n) is 12.6. The van der Waals surface area contributed by atoms with E-state index in [0.717, 1.165) is 42.8 Å². The molecule has 1 saturated heterocycles. The quantitative estimate of drug-likeness (QED) is 0.430. The molecule has 4 heterocycles. The van der Waals surface area contributed by atoms with Crippen molar-refractivity contribution in [2.45, 2.75) is 51.6 Å². The van der Waals surface area contributed by atoms with Gasteiger partial charge < -0.3 is 14.6 Å². The number of hydrogen-bond acceptors (Lipinski definition) is 4. The molecule has 0 aliphatic carbocycles. The van der Waals surface area contributed by atoms with Crippen LogP contribution in [0.1, 0.15) is 65.8 Å². The fourth-order valence-electron chi connectivity index (χ4n) is 4.74.